The summed E-state index contributed by atoms with van der Waals surface area (Å²) in [5.41, 5.74) is 7.28. The summed E-state index contributed by atoms with van der Waals surface area (Å²) >= 11 is 0. The van der Waals surface area contributed by atoms with Crippen molar-refractivity contribution in [1.82, 2.24) is 20.1 Å². The molecule has 2 amide bonds. The number of aromatic nitrogens is 3. The second-order valence-electron chi connectivity index (χ2n) is 5.58. The van der Waals surface area contributed by atoms with Crippen LogP contribution in [0.1, 0.15) is 18.5 Å². The Kier molecular flexibility index (Phi) is 5.75. The highest BCUT2D eigenvalue weighted by molar-refractivity contribution is 5.91. The highest BCUT2D eigenvalue weighted by Gasteiger charge is 2.23. The molecule has 9 heteroatoms. The summed E-state index contributed by atoms with van der Waals surface area (Å²) in [7, 11) is 0. The van der Waals surface area contributed by atoms with E-state index in [0.29, 0.717) is 23.1 Å². The van der Waals surface area contributed by atoms with E-state index >= 15 is 0 Å². The second-order valence-corrected chi connectivity index (χ2v) is 5.58. The van der Waals surface area contributed by atoms with Gasteiger partial charge in [0.15, 0.2) is 0 Å². The molecule has 0 atom stereocenters. The number of halogens is 1. The van der Waals surface area contributed by atoms with Crippen molar-refractivity contribution in [3.8, 4) is 0 Å². The van der Waals surface area contributed by atoms with Gasteiger partial charge in [-0.15, -0.1) is 12.4 Å². The molecule has 0 aromatic carbocycles. The van der Waals surface area contributed by atoms with Gasteiger partial charge >= 0.3 is 0 Å². The van der Waals surface area contributed by atoms with E-state index in [0.717, 1.165) is 12.8 Å². The highest BCUT2D eigenvalue weighted by Crippen LogP contribution is 2.18. The van der Waals surface area contributed by atoms with Gasteiger partial charge < -0.3 is 16.4 Å². The van der Waals surface area contributed by atoms with Crippen LogP contribution in [0.5, 0.6) is 0 Å². The van der Waals surface area contributed by atoms with E-state index in [1.807, 2.05) is 0 Å². The highest BCUT2D eigenvalue weighted by atomic mass is 35.5. The molecule has 0 saturated heterocycles. The summed E-state index contributed by atoms with van der Waals surface area (Å²) < 4.78 is 1.49. The van der Waals surface area contributed by atoms with E-state index in [2.05, 4.69) is 20.7 Å². The Bertz CT molecular complexity index is 711. The van der Waals surface area contributed by atoms with Crippen LogP contribution in [0.3, 0.4) is 0 Å². The van der Waals surface area contributed by atoms with Gasteiger partial charge in [0.1, 0.15) is 6.54 Å². The van der Waals surface area contributed by atoms with E-state index in [4.69, 9.17) is 5.73 Å². The monoisotopic (exact) mass is 350 g/mol. The van der Waals surface area contributed by atoms with Crippen LogP contribution in [0.15, 0.2) is 30.7 Å². The molecule has 1 fully saturated rings. The molecule has 0 unspecified atom stereocenters. The van der Waals surface area contributed by atoms with Crippen LogP contribution >= 0.6 is 12.4 Å². The van der Waals surface area contributed by atoms with Crippen LogP contribution in [-0.4, -0.2) is 32.6 Å². The molecular weight excluding hydrogens is 332 g/mol. The van der Waals surface area contributed by atoms with Gasteiger partial charge in [0.2, 0.25) is 11.8 Å². The molecule has 24 heavy (non-hydrogen) atoms. The number of hydrogen-bond donors (Lipinski definition) is 3. The largest absolute Gasteiger partial charge is 0.397 e. The number of nitrogens with zero attached hydrogens (tertiary/aromatic N) is 3. The van der Waals surface area contributed by atoms with Crippen LogP contribution in [-0.2, 0) is 22.6 Å². The van der Waals surface area contributed by atoms with Crippen molar-refractivity contribution >= 4 is 35.6 Å². The van der Waals surface area contributed by atoms with Crippen molar-refractivity contribution in [3.05, 3.63) is 36.4 Å². The van der Waals surface area contributed by atoms with Crippen molar-refractivity contribution < 1.29 is 9.59 Å². The first kappa shape index (κ1) is 17.7. The van der Waals surface area contributed by atoms with Gasteiger partial charge in [0.05, 0.1) is 30.2 Å². The molecule has 8 nitrogen and oxygen atoms in total. The van der Waals surface area contributed by atoms with E-state index < -0.39 is 0 Å². The lowest BCUT2D eigenvalue weighted by Crippen LogP contribution is -2.29. The van der Waals surface area contributed by atoms with Gasteiger partial charge in [-0.25, -0.2) is 0 Å². The van der Waals surface area contributed by atoms with E-state index in [9.17, 15) is 9.59 Å². The predicted octanol–water partition coefficient (Wildman–Crippen LogP) is 0.742. The molecule has 2 aromatic rings. The average Bonchev–Trinajstić information content (AvgIpc) is 3.20. The quantitative estimate of drug-likeness (QED) is 0.710. The number of nitrogens with two attached hydrogens (primary N) is 1. The molecule has 1 saturated carbocycles. The van der Waals surface area contributed by atoms with E-state index in [1.54, 1.807) is 18.3 Å². The molecule has 4 N–H and O–H groups in total. The van der Waals surface area contributed by atoms with E-state index in [1.165, 1.54) is 17.1 Å². The number of nitrogen functional groups attached to an aromatic ring is 1. The number of rotatable bonds is 6. The third-order valence-electron chi connectivity index (χ3n) is 3.35. The minimum Gasteiger partial charge on any atom is -0.397 e. The Morgan fingerprint density at radius 3 is 2.71 bits per heavy atom. The Labute approximate surface area is 145 Å². The summed E-state index contributed by atoms with van der Waals surface area (Å²) in [6, 6.07) is 3.73. The number of carbonyl (C=O) groups is 2. The smallest absolute Gasteiger partial charge is 0.241 e. The van der Waals surface area contributed by atoms with Crippen LogP contribution in [0.4, 0.5) is 11.4 Å². The normalized spacial score (nSPS) is 13.0. The standard InChI is InChI=1S/C15H18N6O2.ClH/c16-10-1-2-12(17-6-10)5-14(22)20-13-7-18-21(8-13)9-15(23)19-11-3-4-11;/h1-2,6-8,11H,3-5,9,16H2,(H,19,23)(H,20,22);1H. The number of nitrogens with one attached hydrogen (secondary N) is 2. The topological polar surface area (TPSA) is 115 Å². The molecule has 2 aromatic heterocycles. The van der Waals surface area contributed by atoms with Crippen molar-refractivity contribution in [2.24, 2.45) is 0 Å². The minimum absolute atomic E-state index is 0. The first-order chi connectivity index (χ1) is 11.1. The van der Waals surface area contributed by atoms with Crippen molar-refractivity contribution in [3.63, 3.8) is 0 Å². The van der Waals surface area contributed by atoms with Gasteiger partial charge in [0, 0.05) is 17.9 Å². The number of amides is 2. The Morgan fingerprint density at radius 1 is 1.25 bits per heavy atom. The molecule has 0 spiro atoms. The van der Waals surface area contributed by atoms with Crippen molar-refractivity contribution in [2.75, 3.05) is 11.1 Å². The average molecular weight is 351 g/mol. The lowest BCUT2D eigenvalue weighted by atomic mass is 10.2. The van der Waals surface area contributed by atoms with Crippen molar-refractivity contribution in [2.45, 2.75) is 31.8 Å². The van der Waals surface area contributed by atoms with Crippen molar-refractivity contribution in [1.29, 1.82) is 0 Å². The third-order valence-corrected chi connectivity index (χ3v) is 3.35. The SMILES string of the molecule is Cl.Nc1ccc(CC(=O)Nc2cnn(CC(=O)NC3CC3)c2)nc1. The maximum absolute atomic E-state index is 12.0. The molecule has 2 heterocycles. The molecule has 3 rings (SSSR count). The zero-order valence-electron chi connectivity index (χ0n) is 12.9. The molecule has 0 radical (unpaired) electrons. The zero-order valence-corrected chi connectivity index (χ0v) is 13.8. The van der Waals surface area contributed by atoms with Crippen LogP contribution in [0.2, 0.25) is 0 Å². The van der Waals surface area contributed by atoms with Gasteiger partial charge in [-0.1, -0.05) is 0 Å². The Balaban J connectivity index is 0.00000208. The molecule has 1 aliphatic carbocycles. The third kappa shape index (κ3) is 5.24. The summed E-state index contributed by atoms with van der Waals surface area (Å²) in [5.74, 6) is -0.274. The fourth-order valence-electron chi connectivity index (χ4n) is 2.07. The fraction of sp³-hybridized carbons (Fsp3) is 0.333. The van der Waals surface area contributed by atoms with Gasteiger partial charge in [-0.3, -0.25) is 19.3 Å². The lowest BCUT2D eigenvalue weighted by molar-refractivity contribution is -0.122. The number of anilines is 2. The Hall–Kier alpha value is -2.61. The molecule has 128 valence electrons. The van der Waals surface area contributed by atoms with Crippen LogP contribution in [0.25, 0.3) is 0 Å². The first-order valence-corrected chi connectivity index (χ1v) is 7.40. The first-order valence-electron chi connectivity index (χ1n) is 7.40. The Morgan fingerprint density at radius 2 is 2.04 bits per heavy atom. The van der Waals surface area contributed by atoms with Gasteiger partial charge in [-0.05, 0) is 25.0 Å². The summed E-state index contributed by atoms with van der Waals surface area (Å²) in [4.78, 5) is 27.7. The maximum atomic E-state index is 12.0. The summed E-state index contributed by atoms with van der Waals surface area (Å²) in [6.45, 7) is 0.145. The van der Waals surface area contributed by atoms with Crippen LogP contribution in [0, 0.1) is 0 Å². The molecular formula is C15H19ClN6O2. The van der Waals surface area contributed by atoms with Gasteiger partial charge in [-0.2, -0.15) is 5.10 Å². The summed E-state index contributed by atoms with van der Waals surface area (Å²) in [5, 5.41) is 9.68. The molecule has 1 aliphatic rings. The van der Waals surface area contributed by atoms with E-state index in [-0.39, 0.29) is 37.2 Å². The van der Waals surface area contributed by atoms with Gasteiger partial charge in [0.25, 0.3) is 0 Å². The maximum Gasteiger partial charge on any atom is 0.241 e. The number of hydrogen-bond acceptors (Lipinski definition) is 5. The second kappa shape index (κ2) is 7.78. The lowest BCUT2D eigenvalue weighted by Gasteiger charge is -2.03. The number of pyridine rings is 1. The zero-order chi connectivity index (χ0) is 16.2. The molecule has 0 bridgehead atoms. The minimum atomic E-state index is -0.204. The predicted molar refractivity (Wildman–Crippen MR) is 91.6 cm³/mol. The molecule has 0 aliphatic heterocycles. The number of carbonyl (C=O) groups excluding carboxylic acids is 2. The van der Waals surface area contributed by atoms with Crippen LogP contribution < -0.4 is 16.4 Å². The summed E-state index contributed by atoms with van der Waals surface area (Å²) in [6.07, 6.45) is 6.89. The fourth-order valence-corrected chi connectivity index (χ4v) is 2.07.